The van der Waals surface area contributed by atoms with Crippen molar-refractivity contribution in [1.82, 2.24) is 0 Å². The molecule has 0 saturated heterocycles. The molecule has 4 heteroatoms. The van der Waals surface area contributed by atoms with Crippen LogP contribution in [0.5, 0.6) is 0 Å². The minimum Gasteiger partial charge on any atom is -0.429 e. The maximum Gasteiger partial charge on any atom is 0.333 e. The normalized spacial score (nSPS) is 38.1. The fourth-order valence-corrected chi connectivity index (χ4v) is 6.18. The summed E-state index contributed by atoms with van der Waals surface area (Å²) in [5.74, 6) is 0.344. The van der Waals surface area contributed by atoms with Gasteiger partial charge in [0.15, 0.2) is 0 Å². The van der Waals surface area contributed by atoms with Gasteiger partial charge in [-0.05, 0) is 54.8 Å². The summed E-state index contributed by atoms with van der Waals surface area (Å²) in [6, 6.07) is 0. The molecule has 1 heterocycles. The summed E-state index contributed by atoms with van der Waals surface area (Å²) in [7, 11) is 0. The van der Waals surface area contributed by atoms with Gasteiger partial charge in [0.25, 0.3) is 0 Å². The van der Waals surface area contributed by atoms with E-state index in [9.17, 15) is 15.0 Å². The zero-order valence-corrected chi connectivity index (χ0v) is 18.7. The lowest BCUT2D eigenvalue weighted by atomic mass is 9.50. The Morgan fingerprint density at radius 3 is 2.69 bits per heavy atom. The van der Waals surface area contributed by atoms with Gasteiger partial charge in [0.05, 0.1) is 6.10 Å². The molecule has 0 aromatic heterocycles. The summed E-state index contributed by atoms with van der Waals surface area (Å²) in [6.45, 7) is 9.31. The molecule has 2 aliphatic carbocycles. The molecule has 2 N–H and O–H groups in total. The summed E-state index contributed by atoms with van der Waals surface area (Å²) in [5, 5.41) is 20.9. The lowest BCUT2D eigenvalue weighted by Crippen LogP contribution is -2.46. The maximum absolute atomic E-state index is 11.5. The second-order valence-corrected chi connectivity index (χ2v) is 10.3. The molecule has 3 aliphatic rings. The van der Waals surface area contributed by atoms with Crippen molar-refractivity contribution in [3.05, 3.63) is 23.3 Å². The van der Waals surface area contributed by atoms with E-state index < -0.39 is 18.4 Å². The van der Waals surface area contributed by atoms with Crippen LogP contribution in [0, 0.1) is 22.7 Å². The smallest absolute Gasteiger partial charge is 0.333 e. The highest BCUT2D eigenvalue weighted by atomic mass is 16.6. The highest BCUT2D eigenvalue weighted by molar-refractivity contribution is 5.85. The Bertz CT molecular complexity index is 666. The van der Waals surface area contributed by atoms with Gasteiger partial charge in [-0.1, -0.05) is 71.4 Å². The molecule has 0 bridgehead atoms. The minimum atomic E-state index is -1.30. The molecular weight excluding hydrogens is 364 g/mol. The third kappa shape index (κ3) is 4.49. The van der Waals surface area contributed by atoms with Crippen LogP contribution >= 0.6 is 0 Å². The van der Waals surface area contributed by atoms with Gasteiger partial charge in [-0.25, -0.2) is 4.79 Å². The number of hydrogen-bond donors (Lipinski definition) is 2. The molecule has 0 spiro atoms. The lowest BCUT2D eigenvalue weighted by Gasteiger charge is -2.54. The van der Waals surface area contributed by atoms with E-state index in [-0.39, 0.29) is 10.8 Å². The number of carbonyl (C=O) groups is 1. The van der Waals surface area contributed by atoms with E-state index in [4.69, 9.17) is 4.74 Å². The second-order valence-electron chi connectivity index (χ2n) is 10.3. The molecule has 1 aliphatic heterocycles. The van der Waals surface area contributed by atoms with Crippen molar-refractivity contribution >= 4 is 5.97 Å². The molecule has 29 heavy (non-hydrogen) atoms. The SMILES string of the molecule is CCCCCC[C@]1(C)CCC[C@@H]2C1=CC[C@@H](C)[C@@]2(C)C[C@@H](O)C1=CC(=O)OC1O. The first-order valence-corrected chi connectivity index (χ1v) is 11.7. The van der Waals surface area contributed by atoms with Crippen molar-refractivity contribution in [2.24, 2.45) is 22.7 Å². The standard InChI is InChI=1S/C25H40O4/c1-5-6-7-8-13-24(3)14-9-10-20-19(24)12-11-17(2)25(20,4)16-21(26)18-15-22(27)29-23(18)28/h12,15,17,20-21,23,26,28H,5-11,13-14,16H2,1-4H3/t17-,20-,21-,23?,24-,25-/m1/s1. The Labute approximate surface area is 176 Å². The van der Waals surface area contributed by atoms with Gasteiger partial charge in [-0.3, -0.25) is 0 Å². The first kappa shape index (κ1) is 22.6. The largest absolute Gasteiger partial charge is 0.429 e. The number of allylic oxidation sites excluding steroid dienone is 2. The Hall–Kier alpha value is -1.13. The van der Waals surface area contributed by atoms with Crippen molar-refractivity contribution in [1.29, 1.82) is 0 Å². The minimum absolute atomic E-state index is 0.0548. The summed E-state index contributed by atoms with van der Waals surface area (Å²) in [6.07, 6.45) is 13.3. The molecule has 4 nitrogen and oxygen atoms in total. The highest BCUT2D eigenvalue weighted by Gasteiger charge is 2.50. The van der Waals surface area contributed by atoms with E-state index >= 15 is 0 Å². The number of cyclic esters (lactones) is 1. The van der Waals surface area contributed by atoms with Crippen LogP contribution in [-0.4, -0.2) is 28.6 Å². The van der Waals surface area contributed by atoms with E-state index in [1.807, 2.05) is 0 Å². The third-order valence-corrected chi connectivity index (χ3v) is 8.30. The molecule has 0 radical (unpaired) electrons. The molecule has 1 saturated carbocycles. The van der Waals surface area contributed by atoms with Gasteiger partial charge < -0.3 is 14.9 Å². The van der Waals surface area contributed by atoms with Crippen LogP contribution in [-0.2, 0) is 9.53 Å². The Morgan fingerprint density at radius 1 is 1.28 bits per heavy atom. The summed E-state index contributed by atoms with van der Waals surface area (Å²) in [4.78, 5) is 11.5. The number of aliphatic hydroxyl groups excluding tert-OH is 2. The van der Waals surface area contributed by atoms with Gasteiger partial charge in [0.1, 0.15) is 0 Å². The molecule has 0 amide bonds. The number of aliphatic hydroxyl groups is 2. The second kappa shape index (κ2) is 8.93. The fourth-order valence-electron chi connectivity index (χ4n) is 6.18. The molecule has 164 valence electrons. The van der Waals surface area contributed by atoms with Crippen LogP contribution in [0.2, 0.25) is 0 Å². The number of esters is 1. The zero-order chi connectivity index (χ0) is 21.2. The molecule has 1 unspecified atom stereocenters. The Kier molecular flexibility index (Phi) is 6.95. The van der Waals surface area contributed by atoms with Crippen LogP contribution in [0.25, 0.3) is 0 Å². The Balaban J connectivity index is 1.78. The van der Waals surface area contributed by atoms with Crippen LogP contribution in [0.1, 0.15) is 91.9 Å². The highest BCUT2D eigenvalue weighted by Crippen LogP contribution is 2.59. The van der Waals surface area contributed by atoms with Crippen molar-refractivity contribution in [3.8, 4) is 0 Å². The number of fused-ring (bicyclic) bond motifs is 1. The lowest BCUT2D eigenvalue weighted by molar-refractivity contribution is -0.152. The maximum atomic E-state index is 11.5. The van der Waals surface area contributed by atoms with Crippen LogP contribution < -0.4 is 0 Å². The van der Waals surface area contributed by atoms with Crippen LogP contribution in [0.4, 0.5) is 0 Å². The average Bonchev–Trinajstić information content (AvgIpc) is 3.01. The molecule has 0 aromatic carbocycles. The van der Waals surface area contributed by atoms with Crippen molar-refractivity contribution in [3.63, 3.8) is 0 Å². The van der Waals surface area contributed by atoms with E-state index in [2.05, 4.69) is 33.8 Å². The summed E-state index contributed by atoms with van der Waals surface area (Å²) in [5.41, 5.74) is 2.15. The Morgan fingerprint density at radius 2 is 2.03 bits per heavy atom. The summed E-state index contributed by atoms with van der Waals surface area (Å²) < 4.78 is 4.80. The van der Waals surface area contributed by atoms with E-state index in [1.54, 1.807) is 5.57 Å². The van der Waals surface area contributed by atoms with E-state index in [0.29, 0.717) is 23.8 Å². The molecule has 6 atom stereocenters. The number of ether oxygens (including phenoxy) is 1. The van der Waals surface area contributed by atoms with Gasteiger partial charge >= 0.3 is 5.97 Å². The first-order valence-electron chi connectivity index (χ1n) is 11.7. The molecule has 0 aromatic rings. The zero-order valence-electron chi connectivity index (χ0n) is 18.7. The monoisotopic (exact) mass is 404 g/mol. The van der Waals surface area contributed by atoms with Crippen LogP contribution in [0.3, 0.4) is 0 Å². The van der Waals surface area contributed by atoms with Gasteiger partial charge in [0, 0.05) is 11.6 Å². The van der Waals surface area contributed by atoms with E-state index in [0.717, 1.165) is 6.42 Å². The van der Waals surface area contributed by atoms with Gasteiger partial charge in [-0.2, -0.15) is 0 Å². The van der Waals surface area contributed by atoms with Crippen molar-refractivity contribution < 1.29 is 19.7 Å². The number of carbonyl (C=O) groups excluding carboxylic acids is 1. The van der Waals surface area contributed by atoms with E-state index in [1.165, 1.54) is 57.4 Å². The predicted octanol–water partition coefficient (Wildman–Crippen LogP) is 5.29. The first-order chi connectivity index (χ1) is 13.7. The number of unbranched alkanes of at least 4 members (excludes halogenated alkanes) is 3. The quantitative estimate of drug-likeness (QED) is 0.328. The molecule has 3 rings (SSSR count). The predicted molar refractivity (Wildman–Crippen MR) is 115 cm³/mol. The van der Waals surface area contributed by atoms with Gasteiger partial charge in [-0.15, -0.1) is 0 Å². The number of rotatable bonds is 8. The van der Waals surface area contributed by atoms with Crippen LogP contribution in [0.15, 0.2) is 23.3 Å². The topological polar surface area (TPSA) is 66.8 Å². The fraction of sp³-hybridized carbons (Fsp3) is 0.800. The number of hydrogen-bond acceptors (Lipinski definition) is 4. The van der Waals surface area contributed by atoms with Crippen molar-refractivity contribution in [2.75, 3.05) is 0 Å². The average molecular weight is 405 g/mol. The van der Waals surface area contributed by atoms with Crippen molar-refractivity contribution in [2.45, 2.75) is 104 Å². The molecule has 1 fully saturated rings. The summed E-state index contributed by atoms with van der Waals surface area (Å²) >= 11 is 0. The van der Waals surface area contributed by atoms with Gasteiger partial charge in [0.2, 0.25) is 6.29 Å². The third-order valence-electron chi connectivity index (χ3n) is 8.30. The molecular formula is C25H40O4.